The summed E-state index contributed by atoms with van der Waals surface area (Å²) in [5.41, 5.74) is 8.25. The average Bonchev–Trinajstić information content (AvgIpc) is 2.35. The quantitative estimate of drug-likeness (QED) is 0.645. The Morgan fingerprint density at radius 3 is 2.78 bits per heavy atom. The number of benzene rings is 1. The molecule has 1 amide bonds. The van der Waals surface area contributed by atoms with E-state index in [1.165, 1.54) is 6.20 Å². The molecular formula is C13H12ClN3O. The van der Waals surface area contributed by atoms with Gasteiger partial charge in [0.15, 0.2) is 0 Å². The van der Waals surface area contributed by atoms with Crippen LogP contribution in [0.2, 0.25) is 5.15 Å². The van der Waals surface area contributed by atoms with E-state index < -0.39 is 0 Å². The lowest BCUT2D eigenvalue weighted by molar-refractivity contribution is 0.102. The second-order valence-electron chi connectivity index (χ2n) is 3.84. The lowest BCUT2D eigenvalue weighted by atomic mass is 10.1. The predicted octanol–water partition coefficient (Wildman–Crippen LogP) is 2.88. The van der Waals surface area contributed by atoms with Gasteiger partial charge in [0.25, 0.3) is 5.91 Å². The number of nitrogens with two attached hydrogens (primary N) is 1. The molecule has 0 fully saturated rings. The molecule has 0 aliphatic rings. The largest absolute Gasteiger partial charge is 0.398 e. The number of rotatable bonds is 2. The molecule has 0 atom stereocenters. The third-order valence-electron chi connectivity index (χ3n) is 2.61. The van der Waals surface area contributed by atoms with Crippen molar-refractivity contribution in [3.05, 3.63) is 52.8 Å². The zero-order chi connectivity index (χ0) is 13.1. The molecule has 0 bridgehead atoms. The highest BCUT2D eigenvalue weighted by Gasteiger charge is 2.10. The summed E-state index contributed by atoms with van der Waals surface area (Å²) >= 11 is 5.67. The third kappa shape index (κ3) is 2.60. The van der Waals surface area contributed by atoms with Crippen molar-refractivity contribution in [2.75, 3.05) is 11.1 Å². The summed E-state index contributed by atoms with van der Waals surface area (Å²) in [6, 6.07) is 8.54. The van der Waals surface area contributed by atoms with Crippen molar-refractivity contribution >= 4 is 28.9 Å². The molecule has 92 valence electrons. The van der Waals surface area contributed by atoms with Gasteiger partial charge in [-0.05, 0) is 36.8 Å². The maximum atomic E-state index is 12.0. The van der Waals surface area contributed by atoms with Crippen LogP contribution in [0.4, 0.5) is 11.4 Å². The molecule has 0 saturated carbocycles. The van der Waals surface area contributed by atoms with Crippen molar-refractivity contribution in [1.82, 2.24) is 4.98 Å². The molecule has 0 aliphatic carbocycles. The Hall–Kier alpha value is -2.07. The molecule has 0 radical (unpaired) electrons. The average molecular weight is 262 g/mol. The van der Waals surface area contributed by atoms with Crippen LogP contribution in [0.5, 0.6) is 0 Å². The van der Waals surface area contributed by atoms with E-state index in [2.05, 4.69) is 10.3 Å². The van der Waals surface area contributed by atoms with E-state index in [1.807, 2.05) is 6.92 Å². The molecule has 3 N–H and O–H groups in total. The highest BCUT2D eigenvalue weighted by Crippen LogP contribution is 2.17. The first-order valence-electron chi connectivity index (χ1n) is 5.36. The summed E-state index contributed by atoms with van der Waals surface area (Å²) in [5.74, 6) is -0.219. The Morgan fingerprint density at radius 1 is 1.33 bits per heavy atom. The Bertz CT molecular complexity index is 581. The topological polar surface area (TPSA) is 68.0 Å². The van der Waals surface area contributed by atoms with E-state index in [1.54, 1.807) is 30.3 Å². The molecule has 0 saturated heterocycles. The maximum Gasteiger partial charge on any atom is 0.256 e. The van der Waals surface area contributed by atoms with Crippen LogP contribution in [-0.4, -0.2) is 10.9 Å². The fraction of sp³-hybridized carbons (Fsp3) is 0.0769. The van der Waals surface area contributed by atoms with Gasteiger partial charge >= 0.3 is 0 Å². The van der Waals surface area contributed by atoms with Gasteiger partial charge in [0.2, 0.25) is 0 Å². The number of hydrogen-bond donors (Lipinski definition) is 2. The number of hydrogen-bond acceptors (Lipinski definition) is 3. The monoisotopic (exact) mass is 261 g/mol. The molecule has 1 aromatic heterocycles. The number of pyridine rings is 1. The van der Waals surface area contributed by atoms with Crippen LogP contribution < -0.4 is 11.1 Å². The number of carbonyl (C=O) groups excluding carboxylic acids is 1. The standard InChI is InChI=1S/C13H12ClN3O/c1-8-10(3-2-4-11(8)15)13(18)17-9-5-6-12(14)16-7-9/h2-7H,15H2,1H3,(H,17,18). The fourth-order valence-corrected chi connectivity index (χ4v) is 1.66. The minimum atomic E-state index is -0.219. The number of carbonyl (C=O) groups is 1. The Balaban J connectivity index is 2.22. The zero-order valence-corrected chi connectivity index (χ0v) is 10.5. The van der Waals surface area contributed by atoms with Gasteiger partial charge in [-0.15, -0.1) is 0 Å². The molecule has 2 aromatic rings. The summed E-state index contributed by atoms with van der Waals surface area (Å²) < 4.78 is 0. The SMILES string of the molecule is Cc1c(N)cccc1C(=O)Nc1ccc(Cl)nc1. The van der Waals surface area contributed by atoms with Crippen LogP contribution in [0.15, 0.2) is 36.5 Å². The van der Waals surface area contributed by atoms with Crippen molar-refractivity contribution in [1.29, 1.82) is 0 Å². The van der Waals surface area contributed by atoms with E-state index in [0.29, 0.717) is 22.1 Å². The summed E-state index contributed by atoms with van der Waals surface area (Å²) in [6.45, 7) is 1.81. The first-order chi connectivity index (χ1) is 8.58. The predicted molar refractivity (Wildman–Crippen MR) is 72.8 cm³/mol. The minimum absolute atomic E-state index is 0.219. The number of aromatic nitrogens is 1. The maximum absolute atomic E-state index is 12.0. The van der Waals surface area contributed by atoms with E-state index >= 15 is 0 Å². The van der Waals surface area contributed by atoms with E-state index in [4.69, 9.17) is 17.3 Å². The van der Waals surface area contributed by atoms with Gasteiger partial charge in [0.05, 0.1) is 11.9 Å². The first-order valence-corrected chi connectivity index (χ1v) is 5.73. The van der Waals surface area contributed by atoms with Gasteiger partial charge in [0.1, 0.15) is 5.15 Å². The smallest absolute Gasteiger partial charge is 0.256 e. The van der Waals surface area contributed by atoms with Gasteiger partial charge < -0.3 is 11.1 Å². The second-order valence-corrected chi connectivity index (χ2v) is 4.23. The van der Waals surface area contributed by atoms with Crippen molar-refractivity contribution in [2.45, 2.75) is 6.92 Å². The van der Waals surface area contributed by atoms with Crippen molar-refractivity contribution in [3.8, 4) is 0 Å². The van der Waals surface area contributed by atoms with Crippen LogP contribution in [0.3, 0.4) is 0 Å². The molecule has 1 heterocycles. The Labute approximate surface area is 110 Å². The molecular weight excluding hydrogens is 250 g/mol. The minimum Gasteiger partial charge on any atom is -0.398 e. The first kappa shape index (κ1) is 12.4. The van der Waals surface area contributed by atoms with Crippen LogP contribution in [0, 0.1) is 6.92 Å². The van der Waals surface area contributed by atoms with Gasteiger partial charge in [-0.25, -0.2) is 4.98 Å². The lowest BCUT2D eigenvalue weighted by Crippen LogP contribution is -2.14. The van der Waals surface area contributed by atoms with Crippen LogP contribution >= 0.6 is 11.6 Å². The highest BCUT2D eigenvalue weighted by atomic mass is 35.5. The highest BCUT2D eigenvalue weighted by molar-refractivity contribution is 6.29. The molecule has 1 aromatic carbocycles. The summed E-state index contributed by atoms with van der Waals surface area (Å²) in [7, 11) is 0. The van der Waals surface area contributed by atoms with E-state index in [-0.39, 0.29) is 5.91 Å². The third-order valence-corrected chi connectivity index (χ3v) is 2.83. The van der Waals surface area contributed by atoms with Crippen LogP contribution in [0.25, 0.3) is 0 Å². The molecule has 2 rings (SSSR count). The number of halogens is 1. The molecule has 18 heavy (non-hydrogen) atoms. The van der Waals surface area contributed by atoms with Crippen LogP contribution in [0.1, 0.15) is 15.9 Å². The number of nitrogens with one attached hydrogen (secondary N) is 1. The van der Waals surface area contributed by atoms with Gasteiger partial charge in [0, 0.05) is 11.3 Å². The number of amides is 1. The number of anilines is 2. The number of nitrogen functional groups attached to an aromatic ring is 1. The van der Waals surface area contributed by atoms with E-state index in [9.17, 15) is 4.79 Å². The molecule has 0 aliphatic heterocycles. The lowest BCUT2D eigenvalue weighted by Gasteiger charge is -2.09. The van der Waals surface area contributed by atoms with Crippen LogP contribution in [-0.2, 0) is 0 Å². The summed E-state index contributed by atoms with van der Waals surface area (Å²) in [5, 5.41) is 3.12. The molecule has 4 nitrogen and oxygen atoms in total. The van der Waals surface area contributed by atoms with Crippen molar-refractivity contribution < 1.29 is 4.79 Å². The normalized spacial score (nSPS) is 10.1. The molecule has 5 heteroatoms. The fourth-order valence-electron chi connectivity index (χ4n) is 1.55. The summed E-state index contributed by atoms with van der Waals surface area (Å²) in [4.78, 5) is 15.9. The zero-order valence-electron chi connectivity index (χ0n) is 9.77. The number of nitrogens with zero attached hydrogens (tertiary/aromatic N) is 1. The van der Waals surface area contributed by atoms with Gasteiger partial charge in [-0.1, -0.05) is 17.7 Å². The van der Waals surface area contributed by atoms with Gasteiger partial charge in [-0.2, -0.15) is 0 Å². The Kier molecular flexibility index (Phi) is 3.48. The van der Waals surface area contributed by atoms with Gasteiger partial charge in [-0.3, -0.25) is 4.79 Å². The van der Waals surface area contributed by atoms with Crippen molar-refractivity contribution in [3.63, 3.8) is 0 Å². The Morgan fingerprint density at radius 2 is 2.11 bits per heavy atom. The second kappa shape index (κ2) is 5.06. The van der Waals surface area contributed by atoms with Crippen molar-refractivity contribution in [2.24, 2.45) is 0 Å². The summed E-state index contributed by atoms with van der Waals surface area (Å²) in [6.07, 6.45) is 1.50. The van der Waals surface area contributed by atoms with E-state index in [0.717, 1.165) is 5.56 Å². The molecule has 0 unspecified atom stereocenters. The molecule has 0 spiro atoms.